The van der Waals surface area contributed by atoms with Gasteiger partial charge in [-0.15, -0.1) is 0 Å². The Bertz CT molecular complexity index is 87.9. The van der Waals surface area contributed by atoms with E-state index in [1.165, 1.54) is 12.2 Å². The molecule has 1 nitrogen and oxygen atoms in total. The van der Waals surface area contributed by atoms with Crippen LogP contribution in [-0.4, -0.2) is 24.1 Å². The van der Waals surface area contributed by atoms with Crippen LogP contribution in [-0.2, 0) is 0 Å². The molecular formula is C6H11NS. The largest absolute Gasteiger partial charge is 0.316 e. The summed E-state index contributed by atoms with van der Waals surface area (Å²) < 4.78 is 0. The van der Waals surface area contributed by atoms with E-state index in [0.717, 1.165) is 17.2 Å². The van der Waals surface area contributed by atoms with Gasteiger partial charge >= 0.3 is 0 Å². The van der Waals surface area contributed by atoms with E-state index in [0.29, 0.717) is 0 Å². The van der Waals surface area contributed by atoms with Gasteiger partial charge in [0.15, 0.2) is 0 Å². The van der Waals surface area contributed by atoms with Gasteiger partial charge < -0.3 is 5.32 Å². The van der Waals surface area contributed by atoms with Gasteiger partial charge in [0.05, 0.1) is 0 Å². The average Bonchev–Trinajstić information content (AvgIpc) is 2.22. The number of nitrogens with one attached hydrogen (secondary N) is 1. The minimum atomic E-state index is 0.883. The Morgan fingerprint density at radius 3 is 2.88 bits per heavy atom. The van der Waals surface area contributed by atoms with Crippen molar-refractivity contribution in [1.29, 1.82) is 0 Å². The van der Waals surface area contributed by atoms with Crippen LogP contribution >= 0.6 is 11.8 Å². The summed E-state index contributed by atoms with van der Waals surface area (Å²) in [4.78, 5) is 0. The van der Waals surface area contributed by atoms with Crippen LogP contribution in [0.1, 0.15) is 6.42 Å². The summed E-state index contributed by atoms with van der Waals surface area (Å²) in [6.07, 6.45) is 1.46. The minimum absolute atomic E-state index is 0.883. The van der Waals surface area contributed by atoms with Crippen molar-refractivity contribution < 1.29 is 0 Å². The second-order valence-electron chi connectivity index (χ2n) is 2.60. The predicted octanol–water partition coefficient (Wildman–Crippen LogP) is 0.710. The van der Waals surface area contributed by atoms with Gasteiger partial charge in [0, 0.05) is 11.3 Å². The minimum Gasteiger partial charge on any atom is -0.316 e. The Kier molecular flexibility index (Phi) is 1.05. The molecule has 0 aromatic rings. The van der Waals surface area contributed by atoms with Gasteiger partial charge in [-0.3, -0.25) is 0 Å². The second-order valence-corrected chi connectivity index (χ2v) is 3.89. The fourth-order valence-electron chi connectivity index (χ4n) is 1.63. The van der Waals surface area contributed by atoms with E-state index in [2.05, 4.69) is 24.1 Å². The van der Waals surface area contributed by atoms with Crippen LogP contribution < -0.4 is 5.32 Å². The SMILES string of the molecule is CNC1C2CCSC21. The van der Waals surface area contributed by atoms with Crippen LogP contribution in [0.2, 0.25) is 0 Å². The molecule has 3 unspecified atom stereocenters. The summed E-state index contributed by atoms with van der Waals surface area (Å²) in [5.74, 6) is 2.46. The third kappa shape index (κ3) is 0.531. The monoisotopic (exact) mass is 129 g/mol. The van der Waals surface area contributed by atoms with Crippen molar-refractivity contribution in [1.82, 2.24) is 5.32 Å². The molecule has 46 valence electrons. The molecule has 1 aliphatic carbocycles. The normalized spacial score (nSPS) is 51.4. The van der Waals surface area contributed by atoms with E-state index >= 15 is 0 Å². The van der Waals surface area contributed by atoms with E-state index in [-0.39, 0.29) is 0 Å². The molecule has 1 heterocycles. The second kappa shape index (κ2) is 1.64. The van der Waals surface area contributed by atoms with Crippen LogP contribution in [0.15, 0.2) is 0 Å². The van der Waals surface area contributed by atoms with Gasteiger partial charge in [-0.25, -0.2) is 0 Å². The van der Waals surface area contributed by atoms with E-state index in [4.69, 9.17) is 0 Å². The van der Waals surface area contributed by atoms with Crippen molar-refractivity contribution in [3.63, 3.8) is 0 Å². The molecule has 1 aliphatic heterocycles. The first-order chi connectivity index (χ1) is 3.93. The molecule has 2 aliphatic rings. The zero-order chi connectivity index (χ0) is 5.56. The molecule has 0 spiro atoms. The molecule has 0 amide bonds. The third-order valence-corrected chi connectivity index (χ3v) is 3.69. The highest BCUT2D eigenvalue weighted by Crippen LogP contribution is 2.50. The summed E-state index contributed by atoms with van der Waals surface area (Å²) in [7, 11) is 2.07. The molecule has 0 bridgehead atoms. The van der Waals surface area contributed by atoms with Crippen molar-refractivity contribution in [3.05, 3.63) is 0 Å². The fraction of sp³-hybridized carbons (Fsp3) is 1.00. The molecule has 3 atom stereocenters. The van der Waals surface area contributed by atoms with Crippen LogP contribution in [0, 0.1) is 5.92 Å². The van der Waals surface area contributed by atoms with Crippen LogP contribution in [0.5, 0.6) is 0 Å². The molecule has 0 aromatic carbocycles. The van der Waals surface area contributed by atoms with Crippen molar-refractivity contribution in [2.45, 2.75) is 17.7 Å². The quantitative estimate of drug-likeness (QED) is 0.559. The van der Waals surface area contributed by atoms with E-state index < -0.39 is 0 Å². The first-order valence-corrected chi connectivity index (χ1v) is 4.27. The van der Waals surface area contributed by atoms with Crippen molar-refractivity contribution >= 4 is 11.8 Å². The van der Waals surface area contributed by atoms with E-state index in [1.807, 2.05) is 0 Å². The van der Waals surface area contributed by atoms with E-state index in [9.17, 15) is 0 Å². The van der Waals surface area contributed by atoms with Crippen LogP contribution in [0.4, 0.5) is 0 Å². The molecule has 1 saturated carbocycles. The summed E-state index contributed by atoms with van der Waals surface area (Å²) in [6.45, 7) is 0. The maximum Gasteiger partial charge on any atom is 0.0247 e. The Balaban J connectivity index is 1.94. The first kappa shape index (κ1) is 5.12. The third-order valence-electron chi connectivity index (χ3n) is 2.19. The lowest BCUT2D eigenvalue weighted by Gasteiger charge is -1.97. The highest BCUT2D eigenvalue weighted by Gasteiger charge is 2.52. The molecule has 2 fully saturated rings. The summed E-state index contributed by atoms with van der Waals surface area (Å²) in [5, 5.41) is 4.32. The number of rotatable bonds is 1. The molecule has 2 heteroatoms. The summed E-state index contributed by atoms with van der Waals surface area (Å²) in [6, 6.07) is 0.883. The Morgan fingerprint density at radius 2 is 2.50 bits per heavy atom. The van der Waals surface area contributed by atoms with Crippen LogP contribution in [0.3, 0.4) is 0 Å². The molecule has 1 N–H and O–H groups in total. The number of thioether (sulfide) groups is 1. The standard InChI is InChI=1S/C6H11NS/c1-7-5-4-2-3-8-6(4)5/h4-7H,2-3H2,1H3. The topological polar surface area (TPSA) is 12.0 Å². The molecular weight excluding hydrogens is 118 g/mol. The highest BCUT2D eigenvalue weighted by molar-refractivity contribution is 8.00. The van der Waals surface area contributed by atoms with E-state index in [1.54, 1.807) is 0 Å². The van der Waals surface area contributed by atoms with Crippen molar-refractivity contribution in [2.24, 2.45) is 5.92 Å². The number of hydrogen-bond acceptors (Lipinski definition) is 2. The van der Waals surface area contributed by atoms with Gasteiger partial charge in [0.25, 0.3) is 0 Å². The van der Waals surface area contributed by atoms with Gasteiger partial charge in [-0.2, -0.15) is 11.8 Å². The predicted molar refractivity (Wildman–Crippen MR) is 37.2 cm³/mol. The molecule has 8 heavy (non-hydrogen) atoms. The zero-order valence-corrected chi connectivity index (χ0v) is 5.87. The first-order valence-electron chi connectivity index (χ1n) is 3.22. The maximum absolute atomic E-state index is 3.32. The maximum atomic E-state index is 3.32. The zero-order valence-electron chi connectivity index (χ0n) is 5.05. The van der Waals surface area contributed by atoms with Crippen LogP contribution in [0.25, 0.3) is 0 Å². The van der Waals surface area contributed by atoms with Gasteiger partial charge in [-0.05, 0) is 25.1 Å². The van der Waals surface area contributed by atoms with Gasteiger partial charge in [0.1, 0.15) is 0 Å². The highest BCUT2D eigenvalue weighted by atomic mass is 32.2. The Labute approximate surface area is 54.2 Å². The number of hydrogen-bond donors (Lipinski definition) is 1. The molecule has 1 saturated heterocycles. The number of fused-ring (bicyclic) bond motifs is 1. The van der Waals surface area contributed by atoms with Gasteiger partial charge in [-0.1, -0.05) is 0 Å². The fourth-order valence-corrected chi connectivity index (χ4v) is 3.32. The smallest absolute Gasteiger partial charge is 0.0247 e. The lowest BCUT2D eigenvalue weighted by molar-refractivity contribution is 0.692. The molecule has 0 aromatic heterocycles. The Morgan fingerprint density at radius 1 is 1.62 bits per heavy atom. The average molecular weight is 129 g/mol. The lowest BCUT2D eigenvalue weighted by atomic mass is 10.3. The van der Waals surface area contributed by atoms with Crippen molar-refractivity contribution in [3.8, 4) is 0 Å². The summed E-state index contributed by atoms with van der Waals surface area (Å²) in [5.41, 5.74) is 0. The molecule has 0 radical (unpaired) electrons. The van der Waals surface area contributed by atoms with Gasteiger partial charge in [0.2, 0.25) is 0 Å². The lowest BCUT2D eigenvalue weighted by Crippen LogP contribution is -2.14. The van der Waals surface area contributed by atoms with Crippen molar-refractivity contribution in [2.75, 3.05) is 12.8 Å². The molecule has 2 rings (SSSR count). The summed E-state index contributed by atoms with van der Waals surface area (Å²) >= 11 is 2.14. The Hall–Kier alpha value is 0.310.